The van der Waals surface area contributed by atoms with Crippen molar-refractivity contribution in [2.75, 3.05) is 0 Å². The van der Waals surface area contributed by atoms with E-state index in [9.17, 15) is 19.1 Å². The predicted molar refractivity (Wildman–Crippen MR) is 102 cm³/mol. The van der Waals surface area contributed by atoms with E-state index in [0.717, 1.165) is 6.07 Å². The third-order valence-electron chi connectivity index (χ3n) is 4.54. The fraction of sp³-hybridized carbons (Fsp3) is 0.143. The summed E-state index contributed by atoms with van der Waals surface area (Å²) in [4.78, 5) is 12.8. The zero-order chi connectivity index (χ0) is 20.8. The van der Waals surface area contributed by atoms with Crippen molar-refractivity contribution in [3.63, 3.8) is 0 Å². The van der Waals surface area contributed by atoms with Gasteiger partial charge in [0.25, 0.3) is 0 Å². The summed E-state index contributed by atoms with van der Waals surface area (Å²) in [6, 6.07) is 8.84. The lowest BCUT2D eigenvalue weighted by Crippen LogP contribution is -2.18. The number of hydrogen-bond donors (Lipinski definition) is 1. The van der Waals surface area contributed by atoms with Crippen molar-refractivity contribution in [3.05, 3.63) is 71.7 Å². The quantitative estimate of drug-likeness (QED) is 0.573. The number of aliphatic hydroxyl groups is 1. The minimum Gasteiger partial charge on any atom is -0.386 e. The summed E-state index contributed by atoms with van der Waals surface area (Å²) in [5.41, 5.74) is 0.295. The number of rotatable bonds is 3. The summed E-state index contributed by atoms with van der Waals surface area (Å²) in [5.74, 6) is -0.908. The molecule has 0 aliphatic carbocycles. The van der Waals surface area contributed by atoms with Gasteiger partial charge in [-0.1, -0.05) is 0 Å². The summed E-state index contributed by atoms with van der Waals surface area (Å²) in [6.45, 7) is 3.00. The number of imidazole rings is 1. The Hall–Kier alpha value is -3.70. The number of aromatic nitrogens is 4. The molecule has 144 valence electrons. The van der Waals surface area contributed by atoms with Gasteiger partial charge < -0.3 is 5.11 Å². The summed E-state index contributed by atoms with van der Waals surface area (Å²) in [5, 5.41) is 19.4. The molecule has 3 heterocycles. The van der Waals surface area contributed by atoms with Gasteiger partial charge in [-0.15, -0.1) is 0 Å². The number of nitrogens with zero attached hydrogens (tertiary/aromatic N) is 5. The molecule has 0 aliphatic heterocycles. The summed E-state index contributed by atoms with van der Waals surface area (Å²) < 4.78 is 29.8. The molecule has 8 heteroatoms. The fourth-order valence-electron chi connectivity index (χ4n) is 3.11. The SMILES string of the molecule is CC(C)(O)c1ccn2c(-c3ccnc(-c4ccc(F)cc4C#N)n3)cnc2c1F. The van der Waals surface area contributed by atoms with Crippen LogP contribution in [0, 0.1) is 23.0 Å². The van der Waals surface area contributed by atoms with Gasteiger partial charge in [0.05, 0.1) is 34.8 Å². The van der Waals surface area contributed by atoms with Crippen LogP contribution in [-0.2, 0) is 5.60 Å². The smallest absolute Gasteiger partial charge is 0.174 e. The van der Waals surface area contributed by atoms with E-state index >= 15 is 0 Å². The van der Waals surface area contributed by atoms with Crippen molar-refractivity contribution in [1.82, 2.24) is 19.4 Å². The Balaban J connectivity index is 1.85. The van der Waals surface area contributed by atoms with E-state index in [2.05, 4.69) is 15.0 Å². The molecule has 0 fully saturated rings. The van der Waals surface area contributed by atoms with Crippen LogP contribution in [0.2, 0.25) is 0 Å². The second kappa shape index (κ2) is 6.72. The lowest BCUT2D eigenvalue weighted by molar-refractivity contribution is 0.0746. The van der Waals surface area contributed by atoms with Crippen LogP contribution in [0.4, 0.5) is 8.78 Å². The Kier molecular flexibility index (Phi) is 4.32. The van der Waals surface area contributed by atoms with Crippen molar-refractivity contribution < 1.29 is 13.9 Å². The van der Waals surface area contributed by atoms with E-state index < -0.39 is 17.2 Å². The molecular weight excluding hydrogens is 376 g/mol. The highest BCUT2D eigenvalue weighted by Gasteiger charge is 2.24. The molecule has 29 heavy (non-hydrogen) atoms. The molecule has 6 nitrogen and oxygen atoms in total. The maximum Gasteiger partial charge on any atom is 0.174 e. The van der Waals surface area contributed by atoms with Crippen LogP contribution in [0.25, 0.3) is 28.4 Å². The number of benzene rings is 1. The molecule has 4 rings (SSSR count). The molecule has 0 saturated carbocycles. The van der Waals surface area contributed by atoms with Gasteiger partial charge in [-0.2, -0.15) is 5.26 Å². The largest absolute Gasteiger partial charge is 0.386 e. The maximum absolute atomic E-state index is 14.8. The van der Waals surface area contributed by atoms with Crippen molar-refractivity contribution in [1.29, 1.82) is 5.26 Å². The molecule has 3 aromatic heterocycles. The van der Waals surface area contributed by atoms with Gasteiger partial charge in [0.2, 0.25) is 0 Å². The Labute approximate surface area is 164 Å². The lowest BCUT2D eigenvalue weighted by atomic mass is 9.99. The first-order chi connectivity index (χ1) is 13.8. The fourth-order valence-corrected chi connectivity index (χ4v) is 3.11. The average Bonchev–Trinajstić information content (AvgIpc) is 3.12. The molecule has 0 atom stereocenters. The van der Waals surface area contributed by atoms with Gasteiger partial charge >= 0.3 is 0 Å². The molecule has 0 amide bonds. The minimum absolute atomic E-state index is 0.0549. The normalized spacial score (nSPS) is 11.6. The topological polar surface area (TPSA) is 87.1 Å². The Morgan fingerprint density at radius 2 is 1.93 bits per heavy atom. The van der Waals surface area contributed by atoms with Crippen LogP contribution in [0.5, 0.6) is 0 Å². The van der Waals surface area contributed by atoms with E-state index in [1.54, 1.807) is 12.3 Å². The summed E-state index contributed by atoms with van der Waals surface area (Å²) >= 11 is 0. The summed E-state index contributed by atoms with van der Waals surface area (Å²) in [6.07, 6.45) is 4.58. The Morgan fingerprint density at radius 1 is 1.14 bits per heavy atom. The van der Waals surface area contributed by atoms with Crippen LogP contribution in [0.3, 0.4) is 0 Å². The first-order valence-corrected chi connectivity index (χ1v) is 8.71. The van der Waals surface area contributed by atoms with Crippen LogP contribution in [-0.4, -0.2) is 24.5 Å². The third-order valence-corrected chi connectivity index (χ3v) is 4.54. The highest BCUT2D eigenvalue weighted by molar-refractivity contribution is 5.68. The van der Waals surface area contributed by atoms with E-state index in [-0.39, 0.29) is 22.6 Å². The molecule has 0 bridgehead atoms. The first kappa shape index (κ1) is 18.7. The second-order valence-electron chi connectivity index (χ2n) is 7.01. The number of hydrogen-bond acceptors (Lipinski definition) is 5. The van der Waals surface area contributed by atoms with Crippen molar-refractivity contribution >= 4 is 5.65 Å². The third kappa shape index (κ3) is 3.22. The molecule has 4 aromatic rings. The van der Waals surface area contributed by atoms with Crippen molar-refractivity contribution in [2.24, 2.45) is 0 Å². The molecule has 0 saturated heterocycles. The zero-order valence-corrected chi connectivity index (χ0v) is 15.6. The monoisotopic (exact) mass is 391 g/mol. The number of fused-ring (bicyclic) bond motifs is 1. The summed E-state index contributed by atoms with van der Waals surface area (Å²) in [7, 11) is 0. The first-order valence-electron chi connectivity index (χ1n) is 8.71. The Morgan fingerprint density at radius 3 is 2.66 bits per heavy atom. The Bertz CT molecular complexity index is 1280. The number of halogens is 2. The van der Waals surface area contributed by atoms with Crippen LogP contribution < -0.4 is 0 Å². The van der Waals surface area contributed by atoms with Crippen LogP contribution in [0.15, 0.2) is 48.9 Å². The maximum atomic E-state index is 14.8. The van der Waals surface area contributed by atoms with Crippen molar-refractivity contribution in [3.8, 4) is 28.8 Å². The average molecular weight is 391 g/mol. The molecule has 0 aliphatic rings. The van der Waals surface area contributed by atoms with E-state index in [4.69, 9.17) is 0 Å². The lowest BCUT2D eigenvalue weighted by Gasteiger charge is -2.18. The van der Waals surface area contributed by atoms with E-state index in [1.165, 1.54) is 48.8 Å². The minimum atomic E-state index is -1.35. The molecule has 1 N–H and O–H groups in total. The van der Waals surface area contributed by atoms with Gasteiger partial charge in [0, 0.05) is 23.5 Å². The van der Waals surface area contributed by atoms with Gasteiger partial charge in [-0.3, -0.25) is 4.40 Å². The second-order valence-corrected chi connectivity index (χ2v) is 7.01. The highest BCUT2D eigenvalue weighted by atomic mass is 19.1. The molecule has 0 spiro atoms. The highest BCUT2D eigenvalue weighted by Crippen LogP contribution is 2.29. The van der Waals surface area contributed by atoms with E-state index in [1.807, 2.05) is 6.07 Å². The van der Waals surface area contributed by atoms with Gasteiger partial charge in [-0.05, 0) is 44.2 Å². The molecule has 0 unspecified atom stereocenters. The van der Waals surface area contributed by atoms with E-state index in [0.29, 0.717) is 17.0 Å². The standard InChI is InChI=1S/C21H15F2N5O/c1-21(2,29)15-6-8-28-17(11-26-20(28)18(15)23)16-5-7-25-19(27-16)14-4-3-13(22)9-12(14)10-24/h3-9,11,29H,1-2H3. The van der Waals surface area contributed by atoms with Crippen LogP contribution >= 0.6 is 0 Å². The number of nitriles is 1. The van der Waals surface area contributed by atoms with Crippen molar-refractivity contribution in [2.45, 2.75) is 19.4 Å². The van der Waals surface area contributed by atoms with Gasteiger partial charge in [0.1, 0.15) is 5.82 Å². The van der Waals surface area contributed by atoms with Gasteiger partial charge in [-0.25, -0.2) is 23.7 Å². The predicted octanol–water partition coefficient (Wildman–Crippen LogP) is 3.84. The van der Waals surface area contributed by atoms with Gasteiger partial charge in [0.15, 0.2) is 17.3 Å². The molecular formula is C21H15F2N5O. The van der Waals surface area contributed by atoms with Crippen LogP contribution in [0.1, 0.15) is 25.0 Å². The zero-order valence-electron chi connectivity index (χ0n) is 15.6. The molecule has 0 radical (unpaired) electrons. The number of pyridine rings is 1. The molecule has 1 aromatic carbocycles.